The Labute approximate surface area is 125 Å². The van der Waals surface area contributed by atoms with Gasteiger partial charge in [0.1, 0.15) is 0 Å². The van der Waals surface area contributed by atoms with Crippen molar-refractivity contribution in [1.82, 2.24) is 20.2 Å². The summed E-state index contributed by atoms with van der Waals surface area (Å²) in [6, 6.07) is 0.0489. The lowest BCUT2D eigenvalue weighted by Gasteiger charge is -2.22. The van der Waals surface area contributed by atoms with Crippen molar-refractivity contribution >= 4 is 15.7 Å². The van der Waals surface area contributed by atoms with Crippen LogP contribution in [-0.2, 0) is 21.1 Å². The highest BCUT2D eigenvalue weighted by Gasteiger charge is 2.30. The molecule has 8 heteroatoms. The van der Waals surface area contributed by atoms with E-state index >= 15 is 0 Å². The zero-order chi connectivity index (χ0) is 15.3. The lowest BCUT2D eigenvalue weighted by molar-refractivity contribution is -0.121. The number of carbonyl (C=O) groups excluding carboxylic acids is 1. The van der Waals surface area contributed by atoms with E-state index in [4.69, 9.17) is 0 Å². The molecule has 1 fully saturated rings. The topological polar surface area (TPSA) is 95.2 Å². The van der Waals surface area contributed by atoms with Gasteiger partial charge in [-0.05, 0) is 13.5 Å². The molecule has 21 heavy (non-hydrogen) atoms. The molecule has 0 saturated carbocycles. The number of nitrogens with one attached hydrogen (secondary N) is 2. The van der Waals surface area contributed by atoms with Gasteiger partial charge >= 0.3 is 0 Å². The number of imidazole rings is 1. The van der Waals surface area contributed by atoms with Crippen LogP contribution < -0.4 is 5.32 Å². The second kappa shape index (κ2) is 7.04. The number of sulfone groups is 1. The summed E-state index contributed by atoms with van der Waals surface area (Å²) in [6.07, 6.45) is 5.13. The van der Waals surface area contributed by atoms with E-state index < -0.39 is 9.84 Å². The number of rotatable bonds is 7. The number of H-pyrrole nitrogens is 1. The Morgan fingerprint density at radius 1 is 1.57 bits per heavy atom. The molecule has 1 aliphatic heterocycles. The molecular formula is C13H22N4O3S. The van der Waals surface area contributed by atoms with Gasteiger partial charge in [-0.2, -0.15) is 0 Å². The number of aromatic nitrogens is 2. The molecule has 1 saturated heterocycles. The maximum atomic E-state index is 11.7. The van der Waals surface area contributed by atoms with Gasteiger partial charge in [0.05, 0.1) is 17.8 Å². The van der Waals surface area contributed by atoms with Gasteiger partial charge in [0.15, 0.2) is 9.84 Å². The molecule has 0 radical (unpaired) electrons. The summed E-state index contributed by atoms with van der Waals surface area (Å²) in [6.45, 7) is 1.15. The second-order valence-electron chi connectivity index (χ2n) is 5.46. The van der Waals surface area contributed by atoms with Crippen LogP contribution in [0.25, 0.3) is 0 Å². The molecule has 118 valence electrons. The number of carbonyl (C=O) groups is 1. The molecule has 0 spiro atoms. The monoisotopic (exact) mass is 314 g/mol. The van der Waals surface area contributed by atoms with Gasteiger partial charge in [0.25, 0.3) is 0 Å². The minimum absolute atomic E-state index is 0.0118. The Bertz CT molecular complexity index is 556. The highest BCUT2D eigenvalue weighted by Crippen LogP contribution is 2.16. The van der Waals surface area contributed by atoms with E-state index in [1.54, 1.807) is 12.5 Å². The molecule has 0 aromatic carbocycles. The third-order valence-electron chi connectivity index (χ3n) is 3.79. The smallest absolute Gasteiger partial charge is 0.221 e. The van der Waals surface area contributed by atoms with Crippen LogP contribution in [0.5, 0.6) is 0 Å². The average molecular weight is 314 g/mol. The minimum atomic E-state index is -2.87. The molecule has 1 aliphatic rings. The molecule has 1 atom stereocenters. The predicted molar refractivity (Wildman–Crippen MR) is 79.6 cm³/mol. The Balaban J connectivity index is 1.62. The van der Waals surface area contributed by atoms with Gasteiger partial charge in [-0.25, -0.2) is 13.4 Å². The summed E-state index contributed by atoms with van der Waals surface area (Å²) >= 11 is 0. The highest BCUT2D eigenvalue weighted by atomic mass is 32.2. The van der Waals surface area contributed by atoms with Crippen molar-refractivity contribution in [3.8, 4) is 0 Å². The summed E-state index contributed by atoms with van der Waals surface area (Å²) in [5.74, 6) is 0.464. The summed E-state index contributed by atoms with van der Waals surface area (Å²) in [4.78, 5) is 20.6. The standard InChI is InChI=1S/C13H22N4O3S/c1-17(12-4-7-21(19,20)9-12)6-3-13(18)15-5-2-11-8-14-10-16-11/h8,10,12H,2-7,9H2,1H3,(H,14,16)(H,15,18)/t12-/m1/s1. The zero-order valence-electron chi connectivity index (χ0n) is 12.2. The predicted octanol–water partition coefficient (Wildman–Crippen LogP) is -0.423. The molecule has 1 amide bonds. The van der Waals surface area contributed by atoms with Gasteiger partial charge in [-0.15, -0.1) is 0 Å². The molecule has 2 heterocycles. The number of aromatic amines is 1. The van der Waals surface area contributed by atoms with E-state index in [0.29, 0.717) is 25.9 Å². The lowest BCUT2D eigenvalue weighted by atomic mass is 10.2. The van der Waals surface area contributed by atoms with E-state index in [-0.39, 0.29) is 23.5 Å². The second-order valence-corrected chi connectivity index (χ2v) is 7.69. The van der Waals surface area contributed by atoms with Crippen LogP contribution in [0, 0.1) is 0 Å². The van der Waals surface area contributed by atoms with Crippen LogP contribution in [0.15, 0.2) is 12.5 Å². The van der Waals surface area contributed by atoms with Gasteiger partial charge in [0.2, 0.25) is 5.91 Å². The van der Waals surface area contributed by atoms with Gasteiger partial charge < -0.3 is 15.2 Å². The molecule has 0 unspecified atom stereocenters. The van der Waals surface area contributed by atoms with Crippen LogP contribution >= 0.6 is 0 Å². The SMILES string of the molecule is CN(CCC(=O)NCCc1cnc[nH]1)[C@@H]1CCS(=O)(=O)C1. The lowest BCUT2D eigenvalue weighted by Crippen LogP contribution is -2.36. The first kappa shape index (κ1) is 16.0. The van der Waals surface area contributed by atoms with Crippen LogP contribution in [0.2, 0.25) is 0 Å². The third kappa shape index (κ3) is 5.13. The Kier molecular flexibility index (Phi) is 5.35. The number of nitrogens with zero attached hydrogens (tertiary/aromatic N) is 2. The average Bonchev–Trinajstić information content (AvgIpc) is 3.05. The van der Waals surface area contributed by atoms with Crippen molar-refractivity contribution in [3.63, 3.8) is 0 Å². The third-order valence-corrected chi connectivity index (χ3v) is 5.55. The zero-order valence-corrected chi connectivity index (χ0v) is 13.0. The normalized spacial score (nSPS) is 20.8. The molecule has 0 aliphatic carbocycles. The highest BCUT2D eigenvalue weighted by molar-refractivity contribution is 7.91. The number of amides is 1. The quantitative estimate of drug-likeness (QED) is 0.712. The maximum Gasteiger partial charge on any atom is 0.221 e. The Hall–Kier alpha value is -1.41. The number of hydrogen-bond acceptors (Lipinski definition) is 5. The summed E-state index contributed by atoms with van der Waals surface area (Å²) < 4.78 is 22.8. The van der Waals surface area contributed by atoms with E-state index in [2.05, 4.69) is 15.3 Å². The molecule has 2 rings (SSSR count). The molecule has 7 nitrogen and oxygen atoms in total. The molecule has 2 N–H and O–H groups in total. The van der Waals surface area contributed by atoms with Crippen LogP contribution in [0.1, 0.15) is 18.5 Å². The first-order chi connectivity index (χ1) is 9.96. The summed E-state index contributed by atoms with van der Waals surface area (Å²) in [7, 11) is -0.992. The fourth-order valence-corrected chi connectivity index (χ4v) is 4.24. The molecule has 1 aromatic heterocycles. The van der Waals surface area contributed by atoms with Crippen molar-refractivity contribution in [2.75, 3.05) is 31.6 Å². The van der Waals surface area contributed by atoms with Crippen molar-refractivity contribution in [1.29, 1.82) is 0 Å². The van der Waals surface area contributed by atoms with E-state index in [0.717, 1.165) is 12.1 Å². The van der Waals surface area contributed by atoms with Gasteiger partial charge in [-0.1, -0.05) is 0 Å². The number of hydrogen-bond donors (Lipinski definition) is 2. The first-order valence-electron chi connectivity index (χ1n) is 7.11. The van der Waals surface area contributed by atoms with E-state index in [9.17, 15) is 13.2 Å². The van der Waals surface area contributed by atoms with E-state index in [1.807, 2.05) is 11.9 Å². The first-order valence-corrected chi connectivity index (χ1v) is 8.93. The van der Waals surface area contributed by atoms with Crippen LogP contribution in [-0.4, -0.2) is 66.9 Å². The van der Waals surface area contributed by atoms with Crippen molar-refractivity contribution in [3.05, 3.63) is 18.2 Å². The molecular weight excluding hydrogens is 292 g/mol. The fraction of sp³-hybridized carbons (Fsp3) is 0.692. The Morgan fingerprint density at radius 3 is 3.00 bits per heavy atom. The molecule has 1 aromatic rings. The van der Waals surface area contributed by atoms with E-state index in [1.165, 1.54) is 0 Å². The van der Waals surface area contributed by atoms with Crippen molar-refractivity contribution < 1.29 is 13.2 Å². The van der Waals surface area contributed by atoms with Gasteiger partial charge in [0, 0.05) is 43.9 Å². The molecule has 0 bridgehead atoms. The minimum Gasteiger partial charge on any atom is -0.356 e. The Morgan fingerprint density at radius 2 is 2.38 bits per heavy atom. The summed E-state index contributed by atoms with van der Waals surface area (Å²) in [5, 5.41) is 2.85. The van der Waals surface area contributed by atoms with Crippen LogP contribution in [0.4, 0.5) is 0 Å². The van der Waals surface area contributed by atoms with Crippen LogP contribution in [0.3, 0.4) is 0 Å². The van der Waals surface area contributed by atoms with Crippen molar-refractivity contribution in [2.24, 2.45) is 0 Å². The summed E-state index contributed by atoms with van der Waals surface area (Å²) in [5.41, 5.74) is 0.989. The van der Waals surface area contributed by atoms with Gasteiger partial charge in [-0.3, -0.25) is 4.79 Å². The maximum absolute atomic E-state index is 11.7. The fourth-order valence-electron chi connectivity index (χ4n) is 2.43. The largest absolute Gasteiger partial charge is 0.356 e. The van der Waals surface area contributed by atoms with Crippen molar-refractivity contribution in [2.45, 2.75) is 25.3 Å².